The minimum Gasteiger partial charge on any atom is -0.337 e. The molecule has 0 radical (unpaired) electrons. The van der Waals surface area contributed by atoms with E-state index in [0.29, 0.717) is 5.92 Å². The molecule has 0 bridgehead atoms. The van der Waals surface area contributed by atoms with Gasteiger partial charge in [-0.15, -0.1) is 0 Å². The maximum absolute atomic E-state index is 4.96. The largest absolute Gasteiger partial charge is 0.337 e. The predicted molar refractivity (Wildman–Crippen MR) is 142 cm³/mol. The molecule has 1 aliphatic carbocycles. The summed E-state index contributed by atoms with van der Waals surface area (Å²) in [4.78, 5) is 12.1. The first-order chi connectivity index (χ1) is 17.3. The summed E-state index contributed by atoms with van der Waals surface area (Å²) >= 11 is 0. The first kappa shape index (κ1) is 20.2. The van der Waals surface area contributed by atoms with Crippen molar-refractivity contribution < 1.29 is 0 Å². The summed E-state index contributed by atoms with van der Waals surface area (Å²) < 4.78 is 0. The highest BCUT2D eigenvalue weighted by Gasteiger charge is 2.26. The number of anilines is 3. The van der Waals surface area contributed by atoms with Crippen LogP contribution in [0.4, 0.5) is 17.6 Å². The minimum atomic E-state index is 0.631. The number of hydrogen-bond acceptors (Lipinski definition) is 5. The fourth-order valence-corrected chi connectivity index (χ4v) is 5.03. The Kier molecular flexibility index (Phi) is 4.75. The number of para-hydroxylation sites is 1. The smallest absolute Gasteiger partial charge is 0.228 e. The molecule has 2 aromatic heterocycles. The van der Waals surface area contributed by atoms with Gasteiger partial charge in [0.2, 0.25) is 5.95 Å². The molecule has 6 nitrogen and oxygen atoms in total. The van der Waals surface area contributed by atoms with Gasteiger partial charge in [0.25, 0.3) is 0 Å². The van der Waals surface area contributed by atoms with Crippen LogP contribution in [-0.4, -0.2) is 33.3 Å². The van der Waals surface area contributed by atoms with E-state index in [9.17, 15) is 0 Å². The molecule has 1 saturated carbocycles. The van der Waals surface area contributed by atoms with Crippen LogP contribution in [0.3, 0.4) is 0 Å². The van der Waals surface area contributed by atoms with E-state index in [4.69, 9.17) is 9.97 Å². The Morgan fingerprint density at radius 3 is 2.57 bits per heavy atom. The zero-order valence-corrected chi connectivity index (χ0v) is 19.4. The molecule has 1 fully saturated rings. The highest BCUT2D eigenvalue weighted by Crippen LogP contribution is 2.40. The summed E-state index contributed by atoms with van der Waals surface area (Å²) in [6.07, 6.45) is 5.76. The number of rotatable bonds is 5. The van der Waals surface area contributed by atoms with Gasteiger partial charge in [-0.25, -0.2) is 4.98 Å². The van der Waals surface area contributed by atoms with Crippen molar-refractivity contribution in [1.29, 1.82) is 0 Å². The third kappa shape index (κ3) is 3.81. The zero-order chi connectivity index (χ0) is 23.2. The van der Waals surface area contributed by atoms with E-state index in [-0.39, 0.29) is 0 Å². The maximum Gasteiger partial charge on any atom is 0.228 e. The number of nitrogens with one attached hydrogen (secondary N) is 2. The first-order valence-corrected chi connectivity index (χ1v) is 12.3. The van der Waals surface area contributed by atoms with Crippen LogP contribution in [0.1, 0.15) is 36.4 Å². The average Bonchev–Trinajstić information content (AvgIpc) is 3.67. The lowest BCUT2D eigenvalue weighted by molar-refractivity contribution is 0.801. The van der Waals surface area contributed by atoms with E-state index in [2.05, 4.69) is 81.1 Å². The predicted octanol–water partition coefficient (Wildman–Crippen LogP) is 6.42. The van der Waals surface area contributed by atoms with Crippen molar-refractivity contribution in [2.24, 2.45) is 0 Å². The van der Waals surface area contributed by atoms with Crippen LogP contribution in [0.5, 0.6) is 0 Å². The zero-order valence-electron chi connectivity index (χ0n) is 19.4. The average molecular weight is 459 g/mol. The summed E-state index contributed by atoms with van der Waals surface area (Å²) in [5.41, 5.74) is 4.85. The molecule has 5 aromatic rings. The number of aromatic amines is 1. The summed E-state index contributed by atoms with van der Waals surface area (Å²) in [7, 11) is 0. The maximum atomic E-state index is 4.96. The molecular weight excluding hydrogens is 432 g/mol. The molecule has 35 heavy (non-hydrogen) atoms. The summed E-state index contributed by atoms with van der Waals surface area (Å²) in [5, 5.41) is 14.7. The molecule has 2 aliphatic rings. The lowest BCUT2D eigenvalue weighted by Crippen LogP contribution is -2.30. The van der Waals surface area contributed by atoms with Crippen molar-refractivity contribution in [1.82, 2.24) is 20.2 Å². The third-order valence-electron chi connectivity index (χ3n) is 7.08. The van der Waals surface area contributed by atoms with E-state index < -0.39 is 0 Å². The van der Waals surface area contributed by atoms with Crippen molar-refractivity contribution in [2.75, 3.05) is 23.3 Å². The first-order valence-electron chi connectivity index (χ1n) is 12.3. The molecule has 2 N–H and O–H groups in total. The van der Waals surface area contributed by atoms with Gasteiger partial charge in [-0.3, -0.25) is 5.10 Å². The second-order valence-electron chi connectivity index (χ2n) is 9.45. The van der Waals surface area contributed by atoms with Crippen molar-refractivity contribution >= 4 is 44.8 Å². The Hall–Kier alpha value is -4.19. The monoisotopic (exact) mass is 458 g/mol. The Balaban J connectivity index is 1.20. The highest BCUT2D eigenvalue weighted by atomic mass is 15.3. The second-order valence-corrected chi connectivity index (χ2v) is 9.45. The molecule has 6 heteroatoms. The lowest BCUT2D eigenvalue weighted by atomic mass is 9.94. The Labute approximate surface area is 203 Å². The molecule has 0 amide bonds. The van der Waals surface area contributed by atoms with Gasteiger partial charge >= 0.3 is 0 Å². The Morgan fingerprint density at radius 2 is 1.71 bits per heavy atom. The van der Waals surface area contributed by atoms with Crippen molar-refractivity contribution in [3.63, 3.8) is 0 Å². The lowest BCUT2D eigenvalue weighted by Gasteiger charge is -2.27. The van der Waals surface area contributed by atoms with Gasteiger partial charge in [0.1, 0.15) is 5.82 Å². The molecule has 3 aromatic carbocycles. The quantitative estimate of drug-likeness (QED) is 0.318. The number of fused-ring (bicyclic) bond motifs is 2. The van der Waals surface area contributed by atoms with Gasteiger partial charge in [-0.2, -0.15) is 10.1 Å². The normalized spacial score (nSPS) is 16.0. The second kappa shape index (κ2) is 8.24. The summed E-state index contributed by atoms with van der Waals surface area (Å²) in [5.74, 6) is 2.98. The van der Waals surface area contributed by atoms with Gasteiger partial charge in [-0.05, 0) is 53.3 Å². The van der Waals surface area contributed by atoms with Crippen LogP contribution >= 0.6 is 0 Å². The van der Waals surface area contributed by atoms with Crippen LogP contribution in [0.15, 0.2) is 78.9 Å². The van der Waals surface area contributed by atoms with Gasteiger partial charge in [0.15, 0.2) is 5.82 Å². The number of hydrogen-bond donors (Lipinski definition) is 2. The topological polar surface area (TPSA) is 69.7 Å². The van der Waals surface area contributed by atoms with Gasteiger partial charge < -0.3 is 10.2 Å². The number of H-pyrrole nitrogens is 1. The third-order valence-corrected chi connectivity index (χ3v) is 7.08. The minimum absolute atomic E-state index is 0.631. The van der Waals surface area contributed by atoms with E-state index in [0.717, 1.165) is 48.0 Å². The van der Waals surface area contributed by atoms with Gasteiger partial charge in [0.05, 0.1) is 5.52 Å². The standard InChI is InChI=1S/C29H26N6/c1-2-8-22-19(6-1)7-5-10-23(22)20-14-16-35(17-15-20)29-30-25-11-4-3-9-24(25)28(32-29)31-27-18-26(33-34-27)21-12-13-21/h1-11,14,18,21H,12-13,15-17H2,(H2,30,31,32,33,34). The van der Waals surface area contributed by atoms with Gasteiger partial charge in [0, 0.05) is 36.2 Å². The van der Waals surface area contributed by atoms with Crippen molar-refractivity contribution in [3.05, 3.63) is 90.1 Å². The molecule has 0 unspecified atom stereocenters. The molecular formula is C29H26N6. The molecule has 1 aliphatic heterocycles. The summed E-state index contributed by atoms with van der Waals surface area (Å²) in [6.45, 7) is 1.66. The number of benzene rings is 3. The van der Waals surface area contributed by atoms with E-state index in [1.807, 2.05) is 18.2 Å². The van der Waals surface area contributed by atoms with E-state index >= 15 is 0 Å². The van der Waals surface area contributed by atoms with Crippen LogP contribution in [0.25, 0.3) is 27.2 Å². The van der Waals surface area contributed by atoms with E-state index in [1.165, 1.54) is 40.4 Å². The van der Waals surface area contributed by atoms with Crippen LogP contribution < -0.4 is 10.2 Å². The SMILES string of the molecule is C1=C(c2cccc3ccccc23)CCN(c2nc(Nc3cc(C4CC4)[nH]n3)c3ccccc3n2)C1. The van der Waals surface area contributed by atoms with Crippen LogP contribution in [0.2, 0.25) is 0 Å². The van der Waals surface area contributed by atoms with E-state index in [1.54, 1.807) is 0 Å². The number of aromatic nitrogens is 4. The Bertz CT molecular complexity index is 1570. The fraction of sp³-hybridized carbons (Fsp3) is 0.207. The highest BCUT2D eigenvalue weighted by molar-refractivity contribution is 5.94. The molecule has 0 saturated heterocycles. The van der Waals surface area contributed by atoms with Gasteiger partial charge in [-0.1, -0.05) is 60.7 Å². The molecule has 0 spiro atoms. The summed E-state index contributed by atoms with van der Waals surface area (Å²) in [6, 6.07) is 25.4. The fourth-order valence-electron chi connectivity index (χ4n) is 5.03. The van der Waals surface area contributed by atoms with Crippen molar-refractivity contribution in [2.45, 2.75) is 25.2 Å². The Morgan fingerprint density at radius 1 is 0.886 bits per heavy atom. The number of nitrogens with zero attached hydrogens (tertiary/aromatic N) is 4. The van der Waals surface area contributed by atoms with Crippen LogP contribution in [-0.2, 0) is 0 Å². The van der Waals surface area contributed by atoms with Crippen molar-refractivity contribution in [3.8, 4) is 0 Å². The molecule has 0 atom stereocenters. The van der Waals surface area contributed by atoms with Crippen LogP contribution in [0, 0.1) is 0 Å². The molecule has 3 heterocycles. The molecule has 7 rings (SSSR count). The molecule has 172 valence electrons.